The quantitative estimate of drug-likeness (QED) is 0.193. The predicted molar refractivity (Wildman–Crippen MR) is 160 cm³/mol. The van der Waals surface area contributed by atoms with Gasteiger partial charge < -0.3 is 39.1 Å². The Morgan fingerprint density at radius 2 is 1.74 bits per heavy atom. The van der Waals surface area contributed by atoms with Crippen LogP contribution in [0.2, 0.25) is 0 Å². The van der Waals surface area contributed by atoms with Crippen molar-refractivity contribution in [2.75, 3.05) is 25.6 Å². The fourth-order valence-electron chi connectivity index (χ4n) is 5.21. The molecular weight excluding hydrogens is 600 g/mol. The van der Waals surface area contributed by atoms with Crippen LogP contribution < -0.4 is 15.4 Å². The fraction of sp³-hybridized carbons (Fsp3) is 0.355. The van der Waals surface area contributed by atoms with E-state index >= 15 is 0 Å². The van der Waals surface area contributed by atoms with E-state index in [0.29, 0.717) is 34.8 Å². The number of fused-ring (bicyclic) bond motifs is 2. The molecule has 0 saturated carbocycles. The average Bonchev–Trinajstić information content (AvgIpc) is 3.73. The van der Waals surface area contributed by atoms with Gasteiger partial charge in [-0.3, -0.25) is 9.36 Å². The number of carbonyl (C=O) groups excluding carboxylic acids is 3. The number of benzene rings is 2. The van der Waals surface area contributed by atoms with E-state index in [9.17, 15) is 14.4 Å². The van der Waals surface area contributed by atoms with E-state index in [1.165, 1.54) is 13.4 Å². The monoisotopic (exact) mass is 632 g/mol. The predicted octanol–water partition coefficient (Wildman–Crippen LogP) is 2.97. The number of esters is 2. The molecule has 240 valence electrons. The topological polar surface area (TPSA) is 174 Å². The van der Waals surface area contributed by atoms with Crippen LogP contribution in [0.5, 0.6) is 5.75 Å². The molecule has 2 unspecified atom stereocenters. The number of nitrogens with zero attached hydrogens (tertiary/aromatic N) is 4. The van der Waals surface area contributed by atoms with Gasteiger partial charge in [0.15, 0.2) is 29.0 Å². The van der Waals surface area contributed by atoms with E-state index in [2.05, 4.69) is 30.3 Å². The van der Waals surface area contributed by atoms with E-state index in [4.69, 9.17) is 23.7 Å². The van der Waals surface area contributed by atoms with Gasteiger partial charge in [0.05, 0.1) is 19.0 Å². The summed E-state index contributed by atoms with van der Waals surface area (Å²) in [4.78, 5) is 49.1. The number of nitrogens with one attached hydrogen (secondary N) is 2. The molecule has 2 aliphatic heterocycles. The Bertz CT molecular complexity index is 1710. The van der Waals surface area contributed by atoms with Crippen molar-refractivity contribution in [1.82, 2.24) is 24.8 Å². The number of hydrogen-bond acceptors (Lipinski definition) is 13. The van der Waals surface area contributed by atoms with Crippen LogP contribution in [0.4, 0.5) is 10.6 Å². The summed E-state index contributed by atoms with van der Waals surface area (Å²) in [7, 11) is 1.22. The van der Waals surface area contributed by atoms with Gasteiger partial charge in [-0.25, -0.2) is 24.5 Å². The van der Waals surface area contributed by atoms with Crippen LogP contribution in [0.15, 0.2) is 67.3 Å². The maximum absolute atomic E-state index is 12.3. The first kappa shape index (κ1) is 30.9. The van der Waals surface area contributed by atoms with Gasteiger partial charge in [-0.15, -0.1) is 0 Å². The second kappa shape index (κ2) is 13.1. The van der Waals surface area contributed by atoms with Crippen molar-refractivity contribution in [3.05, 3.63) is 78.4 Å². The van der Waals surface area contributed by atoms with Gasteiger partial charge in [-0.05, 0) is 43.7 Å². The number of alkyl carbamates (subject to hydrolysis) is 1. The van der Waals surface area contributed by atoms with Crippen molar-refractivity contribution in [3.8, 4) is 5.75 Å². The SMILES string of the molecule is COC(=O)CNC(=O)OC[C@H]1O[C@@H](n2cnc3c(NCc4ccc(OC(=O)c5ccccc5)cc4)ncnc32)C2OC(C)(C)OC21. The number of carbonyl (C=O) groups is 3. The number of rotatable bonds is 10. The minimum absolute atomic E-state index is 0.150. The number of aromatic nitrogens is 4. The molecule has 15 heteroatoms. The van der Waals surface area contributed by atoms with Crippen molar-refractivity contribution >= 4 is 35.0 Å². The van der Waals surface area contributed by atoms with Crippen molar-refractivity contribution in [1.29, 1.82) is 0 Å². The van der Waals surface area contributed by atoms with Crippen molar-refractivity contribution in [2.24, 2.45) is 0 Å². The zero-order valence-electron chi connectivity index (χ0n) is 25.2. The maximum Gasteiger partial charge on any atom is 0.407 e. The Morgan fingerprint density at radius 1 is 0.978 bits per heavy atom. The Labute approximate surface area is 263 Å². The molecule has 4 heterocycles. The molecule has 2 aromatic carbocycles. The Kier molecular flexibility index (Phi) is 8.78. The second-order valence-electron chi connectivity index (χ2n) is 11.0. The first-order valence-corrected chi connectivity index (χ1v) is 14.5. The number of hydrogen-bond donors (Lipinski definition) is 2. The first-order chi connectivity index (χ1) is 22.2. The molecule has 0 spiro atoms. The van der Waals surface area contributed by atoms with Crippen LogP contribution in [-0.4, -0.2) is 81.9 Å². The van der Waals surface area contributed by atoms with Crippen LogP contribution in [0.25, 0.3) is 11.2 Å². The molecule has 2 aromatic heterocycles. The normalized spacial score (nSPS) is 21.4. The summed E-state index contributed by atoms with van der Waals surface area (Å²) in [6.07, 6.45) is -0.274. The van der Waals surface area contributed by atoms with Gasteiger partial charge in [0.25, 0.3) is 0 Å². The third-order valence-corrected chi connectivity index (χ3v) is 7.35. The van der Waals surface area contributed by atoms with Crippen molar-refractivity contribution in [2.45, 2.75) is 50.7 Å². The second-order valence-corrected chi connectivity index (χ2v) is 11.0. The lowest BCUT2D eigenvalue weighted by Gasteiger charge is -2.24. The van der Waals surface area contributed by atoms with Gasteiger partial charge in [-0.2, -0.15) is 0 Å². The first-order valence-electron chi connectivity index (χ1n) is 14.5. The van der Waals surface area contributed by atoms with Gasteiger partial charge in [0.1, 0.15) is 43.5 Å². The molecule has 2 aliphatic rings. The molecule has 2 N–H and O–H groups in total. The highest BCUT2D eigenvalue weighted by Gasteiger charge is 2.56. The van der Waals surface area contributed by atoms with Crippen LogP contribution in [0.1, 0.15) is 36.0 Å². The smallest absolute Gasteiger partial charge is 0.407 e. The van der Waals surface area contributed by atoms with Crippen molar-refractivity contribution < 1.29 is 42.8 Å². The highest BCUT2D eigenvalue weighted by molar-refractivity contribution is 5.91. The lowest BCUT2D eigenvalue weighted by atomic mass is 10.1. The van der Waals surface area contributed by atoms with E-state index in [1.54, 1.807) is 61.1 Å². The number of methoxy groups -OCH3 is 1. The minimum atomic E-state index is -0.906. The average molecular weight is 633 g/mol. The zero-order valence-corrected chi connectivity index (χ0v) is 25.2. The maximum atomic E-state index is 12.3. The van der Waals surface area contributed by atoms with E-state index in [-0.39, 0.29) is 13.2 Å². The highest BCUT2D eigenvalue weighted by atomic mass is 16.8. The highest BCUT2D eigenvalue weighted by Crippen LogP contribution is 2.44. The molecule has 2 saturated heterocycles. The largest absolute Gasteiger partial charge is 0.468 e. The number of ether oxygens (including phenoxy) is 6. The molecule has 6 rings (SSSR count). The standard InChI is InChI=1S/C31H32N6O9/c1-31(2)45-24-21(15-42-30(40)33-14-22(38)41-3)44-28(25(24)46-31)37-17-36-23-26(34-16-35-27(23)37)32-13-18-9-11-20(12-10-18)43-29(39)19-7-5-4-6-8-19/h4-12,16-17,21,24-25,28H,13-15H2,1-3H3,(H,33,40)(H,32,34,35)/t21-,24?,25?,28-/m1/s1. The molecule has 15 nitrogen and oxygen atoms in total. The number of amides is 1. The summed E-state index contributed by atoms with van der Waals surface area (Å²) < 4.78 is 35.5. The molecular formula is C31H32N6O9. The lowest BCUT2D eigenvalue weighted by Crippen LogP contribution is -2.37. The van der Waals surface area contributed by atoms with Gasteiger partial charge in [-0.1, -0.05) is 30.3 Å². The van der Waals surface area contributed by atoms with Crippen molar-refractivity contribution in [3.63, 3.8) is 0 Å². The van der Waals surface area contributed by atoms with E-state index < -0.39 is 48.4 Å². The molecule has 0 bridgehead atoms. The van der Waals surface area contributed by atoms with Gasteiger partial charge >= 0.3 is 18.0 Å². The van der Waals surface area contributed by atoms with Crippen LogP contribution in [0, 0.1) is 0 Å². The summed E-state index contributed by atoms with van der Waals surface area (Å²) >= 11 is 0. The van der Waals surface area contributed by atoms with E-state index in [1.807, 2.05) is 18.2 Å². The van der Waals surface area contributed by atoms with Gasteiger partial charge in [0.2, 0.25) is 0 Å². The molecule has 1 amide bonds. The summed E-state index contributed by atoms with van der Waals surface area (Å²) in [6.45, 7) is 3.52. The Hall–Kier alpha value is -5.12. The zero-order chi connectivity index (χ0) is 32.3. The van der Waals surface area contributed by atoms with E-state index in [0.717, 1.165) is 5.56 Å². The fourth-order valence-corrected chi connectivity index (χ4v) is 5.21. The minimum Gasteiger partial charge on any atom is -0.468 e. The molecule has 4 atom stereocenters. The number of imidazole rings is 1. The molecule has 0 radical (unpaired) electrons. The van der Waals surface area contributed by atoms with Crippen LogP contribution >= 0.6 is 0 Å². The number of anilines is 1. The molecule has 2 fully saturated rings. The summed E-state index contributed by atoms with van der Waals surface area (Å²) in [6, 6.07) is 15.9. The third kappa shape index (κ3) is 6.75. The molecule has 46 heavy (non-hydrogen) atoms. The molecule has 0 aliphatic carbocycles. The Morgan fingerprint density at radius 3 is 2.50 bits per heavy atom. The summed E-state index contributed by atoms with van der Waals surface area (Å²) in [5, 5.41) is 5.61. The summed E-state index contributed by atoms with van der Waals surface area (Å²) in [5.41, 5.74) is 2.40. The third-order valence-electron chi connectivity index (χ3n) is 7.35. The Balaban J connectivity index is 1.12. The van der Waals surface area contributed by atoms with Crippen LogP contribution in [0.3, 0.4) is 0 Å². The van der Waals surface area contributed by atoms with Gasteiger partial charge in [0, 0.05) is 6.54 Å². The summed E-state index contributed by atoms with van der Waals surface area (Å²) in [5.74, 6) is -1.01. The molecule has 4 aromatic rings. The van der Waals surface area contributed by atoms with Crippen LogP contribution in [-0.2, 0) is 35.0 Å². The lowest BCUT2D eigenvalue weighted by molar-refractivity contribution is -0.199.